The number of fused-ring (bicyclic) bond motifs is 1. The molecule has 2 heterocycles. The highest BCUT2D eigenvalue weighted by Crippen LogP contribution is 2.32. The van der Waals surface area contributed by atoms with Crippen LogP contribution >= 0.6 is 0 Å². The van der Waals surface area contributed by atoms with Gasteiger partial charge in [-0.25, -0.2) is 8.42 Å². The van der Waals surface area contributed by atoms with E-state index in [9.17, 15) is 8.42 Å². The molecular weight excluding hydrogens is 364 g/mol. The van der Waals surface area contributed by atoms with E-state index in [4.69, 9.17) is 9.47 Å². The zero-order chi connectivity index (χ0) is 18.7. The van der Waals surface area contributed by atoms with Crippen LogP contribution < -0.4 is 9.47 Å². The lowest BCUT2D eigenvalue weighted by Crippen LogP contribution is -2.49. The minimum atomic E-state index is -3.22. The molecule has 2 aliphatic heterocycles. The van der Waals surface area contributed by atoms with Crippen LogP contribution in [0, 0.1) is 0 Å². The first-order chi connectivity index (χ1) is 13.1. The summed E-state index contributed by atoms with van der Waals surface area (Å²) in [6, 6.07) is 15.7. The van der Waals surface area contributed by atoms with Crippen molar-refractivity contribution in [3.05, 3.63) is 59.7 Å². The van der Waals surface area contributed by atoms with Crippen molar-refractivity contribution in [1.29, 1.82) is 0 Å². The van der Waals surface area contributed by atoms with E-state index in [1.165, 1.54) is 0 Å². The van der Waals surface area contributed by atoms with Gasteiger partial charge in [-0.1, -0.05) is 36.4 Å². The number of piperazine rings is 1. The number of hydrogen-bond donors (Lipinski definition) is 0. The summed E-state index contributed by atoms with van der Waals surface area (Å²) in [5.41, 5.74) is 2.21. The van der Waals surface area contributed by atoms with Gasteiger partial charge < -0.3 is 9.47 Å². The van der Waals surface area contributed by atoms with E-state index in [-0.39, 0.29) is 12.5 Å². The van der Waals surface area contributed by atoms with Gasteiger partial charge in [-0.05, 0) is 29.7 Å². The third-order valence-electron chi connectivity index (χ3n) is 5.06. The van der Waals surface area contributed by atoms with Crippen LogP contribution in [0.1, 0.15) is 11.1 Å². The molecular formula is C20H24N2O4S. The molecule has 1 fully saturated rings. The van der Waals surface area contributed by atoms with Crippen molar-refractivity contribution in [3.8, 4) is 11.5 Å². The number of aryl methyl sites for hydroxylation is 1. The van der Waals surface area contributed by atoms with Gasteiger partial charge in [0.1, 0.15) is 0 Å². The molecule has 0 aliphatic carbocycles. The zero-order valence-electron chi connectivity index (χ0n) is 15.2. The summed E-state index contributed by atoms with van der Waals surface area (Å²) in [7, 11) is -3.22. The van der Waals surface area contributed by atoms with Crippen molar-refractivity contribution in [2.45, 2.75) is 13.0 Å². The lowest BCUT2D eigenvalue weighted by Gasteiger charge is -2.34. The topological polar surface area (TPSA) is 59.1 Å². The van der Waals surface area contributed by atoms with Crippen molar-refractivity contribution >= 4 is 10.0 Å². The summed E-state index contributed by atoms with van der Waals surface area (Å²) >= 11 is 0. The molecule has 27 heavy (non-hydrogen) atoms. The van der Waals surface area contributed by atoms with Crippen molar-refractivity contribution < 1.29 is 17.9 Å². The minimum Gasteiger partial charge on any atom is -0.454 e. The van der Waals surface area contributed by atoms with Gasteiger partial charge >= 0.3 is 0 Å². The number of ether oxygens (including phenoxy) is 2. The quantitative estimate of drug-likeness (QED) is 0.759. The second-order valence-corrected chi connectivity index (χ2v) is 9.00. The lowest BCUT2D eigenvalue weighted by molar-refractivity contribution is 0.173. The number of nitrogens with zero attached hydrogens (tertiary/aromatic N) is 2. The van der Waals surface area contributed by atoms with E-state index in [2.05, 4.69) is 4.90 Å². The molecule has 2 aromatic rings. The summed E-state index contributed by atoms with van der Waals surface area (Å²) in [5.74, 6) is 1.74. The molecule has 0 N–H and O–H groups in total. The van der Waals surface area contributed by atoms with Crippen molar-refractivity contribution in [1.82, 2.24) is 9.21 Å². The monoisotopic (exact) mass is 388 g/mol. The first kappa shape index (κ1) is 18.3. The van der Waals surface area contributed by atoms with Crippen molar-refractivity contribution in [2.24, 2.45) is 0 Å². The predicted molar refractivity (Wildman–Crippen MR) is 103 cm³/mol. The molecule has 0 saturated carbocycles. The van der Waals surface area contributed by atoms with Gasteiger partial charge in [0.2, 0.25) is 16.8 Å². The molecule has 144 valence electrons. The van der Waals surface area contributed by atoms with Crippen LogP contribution in [-0.4, -0.2) is 56.3 Å². The maximum absolute atomic E-state index is 12.6. The second-order valence-electron chi connectivity index (χ2n) is 6.91. The van der Waals surface area contributed by atoms with E-state index in [1.807, 2.05) is 48.5 Å². The Hall–Kier alpha value is -2.09. The van der Waals surface area contributed by atoms with E-state index in [1.54, 1.807) is 4.31 Å². The predicted octanol–water partition coefficient (Wildman–Crippen LogP) is 2.11. The smallest absolute Gasteiger partial charge is 0.231 e. The van der Waals surface area contributed by atoms with Gasteiger partial charge in [0.05, 0.1) is 5.75 Å². The Kier molecular flexibility index (Phi) is 5.33. The van der Waals surface area contributed by atoms with Crippen LogP contribution in [0.2, 0.25) is 0 Å². The third kappa shape index (κ3) is 4.43. The largest absolute Gasteiger partial charge is 0.454 e. The molecule has 0 bridgehead atoms. The Labute approximate surface area is 160 Å². The van der Waals surface area contributed by atoms with Crippen LogP contribution in [-0.2, 0) is 23.0 Å². The van der Waals surface area contributed by atoms with Gasteiger partial charge in [0.25, 0.3) is 0 Å². The van der Waals surface area contributed by atoms with E-state index in [0.717, 1.165) is 42.3 Å². The number of rotatable bonds is 6. The van der Waals surface area contributed by atoms with Crippen LogP contribution in [0.5, 0.6) is 11.5 Å². The van der Waals surface area contributed by atoms with Crippen LogP contribution in [0.3, 0.4) is 0 Å². The normalized spacial score (nSPS) is 17.9. The first-order valence-corrected chi connectivity index (χ1v) is 10.8. The number of hydrogen-bond acceptors (Lipinski definition) is 5. The molecule has 0 amide bonds. The maximum Gasteiger partial charge on any atom is 0.231 e. The Balaban J connectivity index is 1.29. The van der Waals surface area contributed by atoms with E-state index >= 15 is 0 Å². The molecule has 0 spiro atoms. The Morgan fingerprint density at radius 2 is 1.59 bits per heavy atom. The highest BCUT2D eigenvalue weighted by atomic mass is 32.2. The summed E-state index contributed by atoms with van der Waals surface area (Å²) in [6.07, 6.45) is 0.556. The van der Waals surface area contributed by atoms with Crippen molar-refractivity contribution in [2.75, 3.05) is 38.7 Å². The average molecular weight is 388 g/mol. The fourth-order valence-electron chi connectivity index (χ4n) is 3.48. The van der Waals surface area contributed by atoms with Gasteiger partial charge in [0.15, 0.2) is 11.5 Å². The van der Waals surface area contributed by atoms with Crippen molar-refractivity contribution in [3.63, 3.8) is 0 Å². The summed E-state index contributed by atoms with van der Waals surface area (Å²) in [4.78, 5) is 2.28. The van der Waals surface area contributed by atoms with Gasteiger partial charge in [-0.2, -0.15) is 4.31 Å². The van der Waals surface area contributed by atoms with Crippen LogP contribution in [0.4, 0.5) is 0 Å². The molecule has 1 saturated heterocycles. The van der Waals surface area contributed by atoms with Gasteiger partial charge in [-0.15, -0.1) is 0 Å². The maximum atomic E-state index is 12.6. The highest BCUT2D eigenvalue weighted by Gasteiger charge is 2.27. The fraction of sp³-hybridized carbons (Fsp3) is 0.400. The Morgan fingerprint density at radius 3 is 2.37 bits per heavy atom. The second kappa shape index (κ2) is 7.88. The highest BCUT2D eigenvalue weighted by molar-refractivity contribution is 7.89. The zero-order valence-corrected chi connectivity index (χ0v) is 16.0. The molecule has 0 atom stereocenters. The summed E-state index contributed by atoms with van der Waals surface area (Å²) in [5, 5.41) is 0. The summed E-state index contributed by atoms with van der Waals surface area (Å²) < 4.78 is 37.7. The van der Waals surface area contributed by atoms with Crippen LogP contribution in [0.25, 0.3) is 0 Å². The average Bonchev–Trinajstić information content (AvgIpc) is 3.16. The Morgan fingerprint density at radius 1 is 0.852 bits per heavy atom. The molecule has 4 rings (SSSR count). The molecule has 0 radical (unpaired) electrons. The number of sulfonamides is 1. The van der Waals surface area contributed by atoms with Gasteiger partial charge in [-0.3, -0.25) is 4.90 Å². The third-order valence-corrected chi connectivity index (χ3v) is 6.93. The minimum absolute atomic E-state index is 0.166. The molecule has 2 aromatic carbocycles. The molecule has 6 nitrogen and oxygen atoms in total. The first-order valence-electron chi connectivity index (χ1n) is 9.23. The summed E-state index contributed by atoms with van der Waals surface area (Å²) in [6.45, 7) is 3.62. The lowest BCUT2D eigenvalue weighted by atomic mass is 10.2. The molecule has 2 aliphatic rings. The SMILES string of the molecule is O=S(=O)(CCc1ccccc1)N1CCN(Cc2ccc3c(c2)OCO3)CC1. The molecule has 0 unspecified atom stereocenters. The molecule has 0 aromatic heterocycles. The van der Waals surface area contributed by atoms with Crippen LogP contribution in [0.15, 0.2) is 48.5 Å². The molecule has 7 heteroatoms. The Bertz CT molecular complexity index is 878. The van der Waals surface area contributed by atoms with Gasteiger partial charge in [0, 0.05) is 32.7 Å². The fourth-order valence-corrected chi connectivity index (χ4v) is 4.96. The van der Waals surface area contributed by atoms with E-state index < -0.39 is 10.0 Å². The standard InChI is InChI=1S/C20H24N2O4S/c23-27(24,13-8-17-4-2-1-3-5-17)22-11-9-21(10-12-22)15-18-6-7-19-20(14-18)26-16-25-19/h1-7,14H,8-13,15-16H2. The van der Waals surface area contributed by atoms with E-state index in [0.29, 0.717) is 19.5 Å². The number of benzene rings is 2.